The SMILES string of the molecule is CCc1nc(CC2CCCN2)[nH]c1C. The minimum atomic E-state index is 0.644. The van der Waals surface area contributed by atoms with Crippen molar-refractivity contribution in [3.05, 3.63) is 17.2 Å². The third-order valence-corrected chi connectivity index (χ3v) is 2.97. The maximum atomic E-state index is 4.60. The number of aromatic nitrogens is 2. The molecule has 1 aliphatic rings. The van der Waals surface area contributed by atoms with Crippen LogP contribution >= 0.6 is 0 Å². The molecule has 0 spiro atoms. The van der Waals surface area contributed by atoms with Crippen LogP contribution in [0.15, 0.2) is 0 Å². The standard InChI is InChI=1S/C11H19N3/c1-3-10-8(2)13-11(14-10)7-9-5-4-6-12-9/h9,12H,3-7H2,1-2H3,(H,13,14). The molecule has 1 unspecified atom stereocenters. The largest absolute Gasteiger partial charge is 0.346 e. The summed E-state index contributed by atoms with van der Waals surface area (Å²) in [5, 5.41) is 3.49. The van der Waals surface area contributed by atoms with E-state index in [-0.39, 0.29) is 0 Å². The Balaban J connectivity index is 2.01. The van der Waals surface area contributed by atoms with Gasteiger partial charge in [0.15, 0.2) is 0 Å². The van der Waals surface area contributed by atoms with E-state index in [1.807, 2.05) is 0 Å². The zero-order valence-corrected chi connectivity index (χ0v) is 9.06. The molecule has 2 rings (SSSR count). The molecule has 2 heterocycles. The molecule has 0 aromatic carbocycles. The van der Waals surface area contributed by atoms with Crippen molar-refractivity contribution in [2.45, 2.75) is 45.6 Å². The van der Waals surface area contributed by atoms with E-state index in [4.69, 9.17) is 0 Å². The topological polar surface area (TPSA) is 40.7 Å². The number of aryl methyl sites for hydroxylation is 2. The van der Waals surface area contributed by atoms with Crippen molar-refractivity contribution in [1.29, 1.82) is 0 Å². The molecule has 1 aromatic heterocycles. The molecule has 2 N–H and O–H groups in total. The van der Waals surface area contributed by atoms with E-state index >= 15 is 0 Å². The monoisotopic (exact) mass is 193 g/mol. The minimum Gasteiger partial charge on any atom is -0.346 e. The average Bonchev–Trinajstić information content (AvgIpc) is 2.76. The van der Waals surface area contributed by atoms with Gasteiger partial charge in [0.25, 0.3) is 0 Å². The fourth-order valence-electron chi connectivity index (χ4n) is 2.17. The third-order valence-electron chi connectivity index (χ3n) is 2.97. The molecular formula is C11H19N3. The summed E-state index contributed by atoms with van der Waals surface area (Å²) in [7, 11) is 0. The van der Waals surface area contributed by atoms with Crippen molar-refractivity contribution >= 4 is 0 Å². The number of hydrogen-bond donors (Lipinski definition) is 2. The Kier molecular flexibility index (Phi) is 2.87. The summed E-state index contributed by atoms with van der Waals surface area (Å²) >= 11 is 0. The molecule has 3 nitrogen and oxygen atoms in total. The van der Waals surface area contributed by atoms with Crippen LogP contribution in [0.5, 0.6) is 0 Å². The Labute approximate surface area is 85.3 Å². The van der Waals surface area contributed by atoms with Crippen LogP contribution in [-0.4, -0.2) is 22.6 Å². The highest BCUT2D eigenvalue weighted by Crippen LogP contribution is 2.12. The third kappa shape index (κ3) is 1.98. The van der Waals surface area contributed by atoms with E-state index in [2.05, 4.69) is 29.1 Å². The van der Waals surface area contributed by atoms with Crippen molar-refractivity contribution in [2.24, 2.45) is 0 Å². The second-order valence-electron chi connectivity index (χ2n) is 4.11. The van der Waals surface area contributed by atoms with Gasteiger partial charge in [-0.1, -0.05) is 6.92 Å². The maximum absolute atomic E-state index is 4.60. The zero-order valence-electron chi connectivity index (χ0n) is 9.06. The van der Waals surface area contributed by atoms with E-state index in [1.165, 1.54) is 30.8 Å². The number of rotatable bonds is 3. The van der Waals surface area contributed by atoms with Crippen molar-refractivity contribution in [3.8, 4) is 0 Å². The lowest BCUT2D eigenvalue weighted by Gasteiger charge is -2.06. The molecule has 1 saturated heterocycles. The molecule has 0 amide bonds. The van der Waals surface area contributed by atoms with Crippen LogP contribution in [-0.2, 0) is 12.8 Å². The summed E-state index contributed by atoms with van der Waals surface area (Å²) in [5.41, 5.74) is 2.46. The van der Waals surface area contributed by atoms with Gasteiger partial charge in [-0.3, -0.25) is 0 Å². The first kappa shape index (κ1) is 9.71. The molecule has 78 valence electrons. The van der Waals surface area contributed by atoms with Crippen molar-refractivity contribution in [2.75, 3.05) is 6.54 Å². The second-order valence-corrected chi connectivity index (χ2v) is 4.11. The predicted molar refractivity (Wildman–Crippen MR) is 57.4 cm³/mol. The first-order chi connectivity index (χ1) is 6.79. The Morgan fingerprint density at radius 1 is 1.50 bits per heavy atom. The quantitative estimate of drug-likeness (QED) is 0.765. The van der Waals surface area contributed by atoms with Gasteiger partial charge in [-0.05, 0) is 32.7 Å². The smallest absolute Gasteiger partial charge is 0.108 e. The molecule has 0 aliphatic carbocycles. The molecule has 1 atom stereocenters. The second kappa shape index (κ2) is 4.13. The van der Waals surface area contributed by atoms with Gasteiger partial charge < -0.3 is 10.3 Å². The molecular weight excluding hydrogens is 174 g/mol. The van der Waals surface area contributed by atoms with Crippen molar-refractivity contribution in [1.82, 2.24) is 15.3 Å². The summed E-state index contributed by atoms with van der Waals surface area (Å²) in [6.07, 6.45) is 4.69. The molecule has 1 fully saturated rings. The van der Waals surface area contributed by atoms with Crippen molar-refractivity contribution in [3.63, 3.8) is 0 Å². The fraction of sp³-hybridized carbons (Fsp3) is 0.727. The number of nitrogens with one attached hydrogen (secondary N) is 2. The maximum Gasteiger partial charge on any atom is 0.108 e. The molecule has 0 radical (unpaired) electrons. The van der Waals surface area contributed by atoms with E-state index in [1.54, 1.807) is 0 Å². The van der Waals surface area contributed by atoms with Crippen LogP contribution in [0, 0.1) is 6.92 Å². The van der Waals surface area contributed by atoms with Gasteiger partial charge >= 0.3 is 0 Å². The average molecular weight is 193 g/mol. The number of H-pyrrole nitrogens is 1. The van der Waals surface area contributed by atoms with Crippen LogP contribution < -0.4 is 5.32 Å². The summed E-state index contributed by atoms with van der Waals surface area (Å²) < 4.78 is 0. The van der Waals surface area contributed by atoms with Gasteiger partial charge in [-0.25, -0.2) is 4.98 Å². The normalized spacial score (nSPS) is 21.7. The van der Waals surface area contributed by atoms with Gasteiger partial charge in [0.2, 0.25) is 0 Å². The van der Waals surface area contributed by atoms with Gasteiger partial charge in [-0.2, -0.15) is 0 Å². The molecule has 3 heteroatoms. The Hall–Kier alpha value is -0.830. The van der Waals surface area contributed by atoms with Crippen molar-refractivity contribution < 1.29 is 0 Å². The van der Waals surface area contributed by atoms with Crippen LogP contribution in [0.1, 0.15) is 37.0 Å². The Bertz CT molecular complexity index is 297. The van der Waals surface area contributed by atoms with Gasteiger partial charge in [0.1, 0.15) is 5.82 Å². The molecule has 1 aromatic rings. The number of aromatic amines is 1. The van der Waals surface area contributed by atoms with Crippen LogP contribution in [0.2, 0.25) is 0 Å². The van der Waals surface area contributed by atoms with E-state index in [9.17, 15) is 0 Å². The summed E-state index contributed by atoms with van der Waals surface area (Å²) in [6, 6.07) is 0.644. The van der Waals surface area contributed by atoms with Crippen LogP contribution in [0.3, 0.4) is 0 Å². The minimum absolute atomic E-state index is 0.644. The Morgan fingerprint density at radius 2 is 2.36 bits per heavy atom. The molecule has 0 bridgehead atoms. The van der Waals surface area contributed by atoms with E-state index in [0.717, 1.165) is 18.7 Å². The van der Waals surface area contributed by atoms with Crippen LogP contribution in [0.25, 0.3) is 0 Å². The summed E-state index contributed by atoms with van der Waals surface area (Å²) in [4.78, 5) is 7.97. The molecule has 0 saturated carbocycles. The lowest BCUT2D eigenvalue weighted by atomic mass is 10.1. The van der Waals surface area contributed by atoms with Gasteiger partial charge in [-0.15, -0.1) is 0 Å². The highest BCUT2D eigenvalue weighted by molar-refractivity contribution is 5.13. The number of nitrogens with zero attached hydrogens (tertiary/aromatic N) is 1. The zero-order chi connectivity index (χ0) is 9.97. The first-order valence-corrected chi connectivity index (χ1v) is 5.57. The predicted octanol–water partition coefficient (Wildman–Crippen LogP) is 1.58. The fourth-order valence-corrected chi connectivity index (χ4v) is 2.17. The summed E-state index contributed by atoms with van der Waals surface area (Å²) in [6.45, 7) is 5.43. The van der Waals surface area contributed by atoms with E-state index in [0.29, 0.717) is 6.04 Å². The number of hydrogen-bond acceptors (Lipinski definition) is 2. The lowest BCUT2D eigenvalue weighted by molar-refractivity contribution is 0.588. The van der Waals surface area contributed by atoms with Gasteiger partial charge in [0, 0.05) is 18.2 Å². The summed E-state index contributed by atoms with van der Waals surface area (Å²) in [5.74, 6) is 1.15. The Morgan fingerprint density at radius 3 is 2.93 bits per heavy atom. The lowest BCUT2D eigenvalue weighted by Crippen LogP contribution is -2.24. The first-order valence-electron chi connectivity index (χ1n) is 5.57. The van der Waals surface area contributed by atoms with Gasteiger partial charge in [0.05, 0.1) is 5.69 Å². The highest BCUT2D eigenvalue weighted by Gasteiger charge is 2.16. The molecule has 1 aliphatic heterocycles. The highest BCUT2D eigenvalue weighted by atomic mass is 15.0. The molecule has 14 heavy (non-hydrogen) atoms. The van der Waals surface area contributed by atoms with Crippen LogP contribution in [0.4, 0.5) is 0 Å². The number of imidazole rings is 1. The van der Waals surface area contributed by atoms with E-state index < -0.39 is 0 Å².